The molecule has 1 fully saturated rings. The number of amides is 1. The van der Waals surface area contributed by atoms with Gasteiger partial charge in [-0.15, -0.1) is 0 Å². The number of aromatic nitrogens is 1. The first-order chi connectivity index (χ1) is 11.6. The zero-order valence-electron chi connectivity index (χ0n) is 14.3. The largest absolute Gasteiger partial charge is 0.473 e. The Labute approximate surface area is 146 Å². The standard InChI is InChI=1S/C15H21N3O6S/c1-4-17(12-7-8-25(22,23)9-12)15(19)11(3)24-13-6-5-10(2)16-14(13)18(20)21/h5-6,11-12H,4,7-9H2,1-3H3/t11-,12-/m1/s1. The van der Waals surface area contributed by atoms with Crippen LogP contribution in [0.4, 0.5) is 5.82 Å². The van der Waals surface area contributed by atoms with Gasteiger partial charge in [0, 0.05) is 19.5 Å². The van der Waals surface area contributed by atoms with Crippen molar-refractivity contribution >= 4 is 21.6 Å². The first-order valence-electron chi connectivity index (χ1n) is 7.94. The molecule has 0 saturated carbocycles. The maximum Gasteiger partial charge on any atom is 0.406 e. The number of aryl methyl sites for hydroxylation is 1. The van der Waals surface area contributed by atoms with Crippen molar-refractivity contribution in [2.75, 3.05) is 18.1 Å². The normalized spacial score (nSPS) is 20.0. The van der Waals surface area contributed by atoms with Gasteiger partial charge in [-0.25, -0.2) is 8.42 Å². The summed E-state index contributed by atoms with van der Waals surface area (Å²) in [6.07, 6.45) is -0.604. The van der Waals surface area contributed by atoms with Crippen LogP contribution >= 0.6 is 0 Å². The van der Waals surface area contributed by atoms with Crippen LogP contribution in [0.2, 0.25) is 0 Å². The molecule has 1 aromatic rings. The number of ether oxygens (including phenoxy) is 1. The predicted molar refractivity (Wildman–Crippen MR) is 90.2 cm³/mol. The average Bonchev–Trinajstić information content (AvgIpc) is 2.89. The van der Waals surface area contributed by atoms with Crippen LogP contribution in [0.15, 0.2) is 12.1 Å². The van der Waals surface area contributed by atoms with E-state index in [1.165, 1.54) is 17.9 Å². The Morgan fingerprint density at radius 2 is 2.20 bits per heavy atom. The minimum Gasteiger partial charge on any atom is -0.473 e. The summed E-state index contributed by atoms with van der Waals surface area (Å²) in [4.78, 5) is 28.4. The summed E-state index contributed by atoms with van der Waals surface area (Å²) in [7, 11) is -3.13. The summed E-state index contributed by atoms with van der Waals surface area (Å²) < 4.78 is 28.8. The highest BCUT2D eigenvalue weighted by Crippen LogP contribution is 2.26. The van der Waals surface area contributed by atoms with Gasteiger partial charge in [0.2, 0.25) is 5.75 Å². The monoisotopic (exact) mass is 371 g/mol. The van der Waals surface area contributed by atoms with E-state index < -0.39 is 32.6 Å². The number of hydrogen-bond acceptors (Lipinski definition) is 7. The van der Waals surface area contributed by atoms with E-state index in [0.717, 1.165) is 0 Å². The number of sulfone groups is 1. The maximum atomic E-state index is 12.6. The van der Waals surface area contributed by atoms with Gasteiger partial charge in [0.15, 0.2) is 15.9 Å². The number of pyridine rings is 1. The van der Waals surface area contributed by atoms with E-state index in [2.05, 4.69) is 4.98 Å². The van der Waals surface area contributed by atoms with E-state index in [0.29, 0.717) is 18.7 Å². The molecule has 9 nitrogen and oxygen atoms in total. The lowest BCUT2D eigenvalue weighted by Gasteiger charge is -2.29. The molecule has 1 aliphatic rings. The van der Waals surface area contributed by atoms with Crippen molar-refractivity contribution in [1.29, 1.82) is 0 Å². The number of carbonyl (C=O) groups is 1. The van der Waals surface area contributed by atoms with Gasteiger partial charge in [0.05, 0.1) is 11.5 Å². The third-order valence-corrected chi connectivity index (χ3v) is 5.83. The summed E-state index contributed by atoms with van der Waals surface area (Å²) in [6.45, 7) is 5.19. The van der Waals surface area contributed by atoms with Crippen molar-refractivity contribution in [3.8, 4) is 5.75 Å². The SMILES string of the molecule is CCN(C(=O)[C@@H](C)Oc1ccc(C)nc1[N+](=O)[O-])[C@@H]1CCS(=O)(=O)C1. The zero-order chi connectivity index (χ0) is 18.8. The van der Waals surface area contributed by atoms with Crippen LogP contribution in [0, 0.1) is 17.0 Å². The number of nitro groups is 1. The predicted octanol–water partition coefficient (Wildman–Crippen LogP) is 1.10. The lowest BCUT2D eigenvalue weighted by atomic mass is 10.2. The molecular weight excluding hydrogens is 350 g/mol. The number of nitrogens with zero attached hydrogens (tertiary/aromatic N) is 3. The fourth-order valence-corrected chi connectivity index (χ4v) is 4.57. The van der Waals surface area contributed by atoms with Crippen molar-refractivity contribution in [2.24, 2.45) is 0 Å². The van der Waals surface area contributed by atoms with Gasteiger partial charge in [-0.1, -0.05) is 0 Å². The van der Waals surface area contributed by atoms with Crippen LogP contribution in [0.1, 0.15) is 26.0 Å². The Hall–Kier alpha value is -2.23. The first-order valence-corrected chi connectivity index (χ1v) is 9.76. The highest BCUT2D eigenvalue weighted by molar-refractivity contribution is 7.91. The molecule has 2 heterocycles. The molecular formula is C15H21N3O6S. The highest BCUT2D eigenvalue weighted by Gasteiger charge is 2.36. The quantitative estimate of drug-likeness (QED) is 0.542. The molecule has 0 unspecified atom stereocenters. The molecule has 0 aromatic carbocycles. The third kappa shape index (κ3) is 4.44. The van der Waals surface area contributed by atoms with E-state index in [-0.39, 0.29) is 23.3 Å². The Morgan fingerprint density at radius 3 is 2.72 bits per heavy atom. The second-order valence-electron chi connectivity index (χ2n) is 5.97. The third-order valence-electron chi connectivity index (χ3n) is 4.08. The smallest absolute Gasteiger partial charge is 0.406 e. The van der Waals surface area contributed by atoms with Gasteiger partial charge in [0.1, 0.15) is 5.69 Å². The van der Waals surface area contributed by atoms with Gasteiger partial charge in [-0.3, -0.25) is 4.79 Å². The van der Waals surface area contributed by atoms with Crippen LogP contribution in [0.3, 0.4) is 0 Å². The van der Waals surface area contributed by atoms with Crippen LogP contribution < -0.4 is 4.74 Å². The van der Waals surface area contributed by atoms with E-state index in [4.69, 9.17) is 4.74 Å². The minimum atomic E-state index is -3.13. The number of likely N-dealkylation sites (N-methyl/N-ethyl adjacent to an activating group) is 1. The molecule has 0 N–H and O–H groups in total. The summed E-state index contributed by atoms with van der Waals surface area (Å²) in [5, 5.41) is 11.1. The van der Waals surface area contributed by atoms with E-state index in [1.807, 2.05) is 0 Å². The van der Waals surface area contributed by atoms with Gasteiger partial charge in [0.25, 0.3) is 5.91 Å². The van der Waals surface area contributed by atoms with Crippen molar-refractivity contribution in [3.05, 3.63) is 27.9 Å². The molecule has 138 valence electrons. The van der Waals surface area contributed by atoms with Crippen molar-refractivity contribution in [3.63, 3.8) is 0 Å². The molecule has 0 bridgehead atoms. The molecule has 2 atom stereocenters. The fourth-order valence-electron chi connectivity index (χ4n) is 2.84. The van der Waals surface area contributed by atoms with Crippen LogP contribution in [0.25, 0.3) is 0 Å². The number of hydrogen-bond donors (Lipinski definition) is 0. The molecule has 0 aliphatic carbocycles. The first kappa shape index (κ1) is 19.1. The fraction of sp³-hybridized carbons (Fsp3) is 0.600. The molecule has 2 rings (SSSR count). The molecule has 1 aliphatic heterocycles. The van der Waals surface area contributed by atoms with Gasteiger partial charge < -0.3 is 19.8 Å². The van der Waals surface area contributed by atoms with Crippen molar-refractivity contribution < 1.29 is 22.9 Å². The number of rotatable bonds is 6. The zero-order valence-corrected chi connectivity index (χ0v) is 15.2. The summed E-state index contributed by atoms with van der Waals surface area (Å²) >= 11 is 0. The van der Waals surface area contributed by atoms with Crippen LogP contribution in [-0.4, -0.2) is 59.3 Å². The van der Waals surface area contributed by atoms with Crippen molar-refractivity contribution in [2.45, 2.75) is 39.3 Å². The summed E-state index contributed by atoms with van der Waals surface area (Å²) in [6, 6.07) is 2.57. The molecule has 25 heavy (non-hydrogen) atoms. The average molecular weight is 371 g/mol. The Bertz CT molecular complexity index is 779. The Kier molecular flexibility index (Phi) is 5.61. The lowest BCUT2D eigenvalue weighted by molar-refractivity contribution is -0.390. The van der Waals surface area contributed by atoms with Gasteiger partial charge >= 0.3 is 5.82 Å². The van der Waals surface area contributed by atoms with E-state index in [1.54, 1.807) is 19.9 Å². The van der Waals surface area contributed by atoms with E-state index >= 15 is 0 Å². The number of carbonyl (C=O) groups excluding carboxylic acids is 1. The molecule has 1 aromatic heterocycles. The topological polar surface area (TPSA) is 120 Å². The lowest BCUT2D eigenvalue weighted by Crippen LogP contribution is -2.47. The van der Waals surface area contributed by atoms with Gasteiger partial charge in [-0.2, -0.15) is 0 Å². The van der Waals surface area contributed by atoms with Crippen LogP contribution in [0.5, 0.6) is 5.75 Å². The Morgan fingerprint density at radius 1 is 1.52 bits per heavy atom. The van der Waals surface area contributed by atoms with Crippen molar-refractivity contribution in [1.82, 2.24) is 9.88 Å². The maximum absolute atomic E-state index is 12.6. The highest BCUT2D eigenvalue weighted by atomic mass is 32.2. The minimum absolute atomic E-state index is 0.0596. The second-order valence-corrected chi connectivity index (χ2v) is 8.20. The second kappa shape index (κ2) is 7.34. The molecule has 10 heteroatoms. The summed E-state index contributed by atoms with van der Waals surface area (Å²) in [5.41, 5.74) is 0.462. The molecule has 1 saturated heterocycles. The summed E-state index contributed by atoms with van der Waals surface area (Å²) in [5.74, 6) is -0.951. The van der Waals surface area contributed by atoms with Gasteiger partial charge in [-0.05, 0) is 42.3 Å². The Balaban J connectivity index is 2.16. The molecule has 1 amide bonds. The van der Waals surface area contributed by atoms with E-state index in [9.17, 15) is 23.3 Å². The molecule has 0 spiro atoms. The molecule has 0 radical (unpaired) electrons. The van der Waals surface area contributed by atoms with Crippen LogP contribution in [-0.2, 0) is 14.6 Å².